The summed E-state index contributed by atoms with van der Waals surface area (Å²) < 4.78 is 0. The fourth-order valence-corrected chi connectivity index (χ4v) is 2.67. The number of benzene rings is 1. The third-order valence-corrected chi connectivity index (χ3v) is 4.22. The van der Waals surface area contributed by atoms with Crippen molar-refractivity contribution in [3.8, 4) is 0 Å². The zero-order valence-corrected chi connectivity index (χ0v) is 13.8. The Balaban J connectivity index is 2.32. The van der Waals surface area contributed by atoms with Crippen molar-refractivity contribution in [2.24, 2.45) is 0 Å². The maximum atomic E-state index is 12.5. The summed E-state index contributed by atoms with van der Waals surface area (Å²) in [6.07, 6.45) is 3.15. The molecule has 0 atom stereocenters. The van der Waals surface area contributed by atoms with Gasteiger partial charge in [-0.25, -0.2) is 9.97 Å². The summed E-state index contributed by atoms with van der Waals surface area (Å²) in [6.45, 7) is 5.89. The molecular weight excluding hydrogens is 298 g/mol. The van der Waals surface area contributed by atoms with Gasteiger partial charge in [0.2, 0.25) is 0 Å². The third kappa shape index (κ3) is 3.45. The van der Waals surface area contributed by atoms with Crippen LogP contribution in [0.3, 0.4) is 0 Å². The first kappa shape index (κ1) is 16.4. The van der Waals surface area contributed by atoms with Gasteiger partial charge < -0.3 is 5.32 Å². The first-order valence-corrected chi connectivity index (χ1v) is 7.76. The van der Waals surface area contributed by atoms with Crippen LogP contribution < -0.4 is 5.32 Å². The molecule has 1 aromatic carbocycles. The lowest BCUT2D eigenvalue weighted by Gasteiger charge is -2.33. The van der Waals surface area contributed by atoms with Crippen molar-refractivity contribution < 1.29 is 4.79 Å². The Morgan fingerprint density at radius 2 is 1.82 bits per heavy atom. The summed E-state index contributed by atoms with van der Waals surface area (Å²) in [5.41, 5.74) is 0.995. The standard InChI is InChI=1S/C17H20ClN3O/c1-4-17(5-2,13-6-8-14(18)9-7-13)21-16(22)15-10-11-19-12(3)20-15/h6-11H,4-5H2,1-3H3,(H,21,22). The Labute approximate surface area is 135 Å². The highest BCUT2D eigenvalue weighted by Gasteiger charge is 2.31. The van der Waals surface area contributed by atoms with Gasteiger partial charge in [0.15, 0.2) is 0 Å². The molecule has 1 aromatic heterocycles. The molecule has 2 rings (SSSR count). The van der Waals surface area contributed by atoms with E-state index >= 15 is 0 Å². The Bertz CT molecular complexity index is 651. The van der Waals surface area contributed by atoms with E-state index in [9.17, 15) is 4.79 Å². The van der Waals surface area contributed by atoms with Crippen LogP contribution >= 0.6 is 11.6 Å². The topological polar surface area (TPSA) is 54.9 Å². The van der Waals surface area contributed by atoms with E-state index in [0.717, 1.165) is 18.4 Å². The zero-order chi connectivity index (χ0) is 16.2. The highest BCUT2D eigenvalue weighted by atomic mass is 35.5. The molecule has 0 fully saturated rings. The predicted molar refractivity (Wildman–Crippen MR) is 87.9 cm³/mol. The molecule has 2 aromatic rings. The molecule has 0 aliphatic heterocycles. The van der Waals surface area contributed by atoms with Crippen LogP contribution in [0.5, 0.6) is 0 Å². The highest BCUT2D eigenvalue weighted by Crippen LogP contribution is 2.30. The number of nitrogens with one attached hydrogen (secondary N) is 1. The van der Waals surface area contributed by atoms with Crippen molar-refractivity contribution in [3.05, 3.63) is 58.6 Å². The quantitative estimate of drug-likeness (QED) is 0.910. The largest absolute Gasteiger partial charge is 0.341 e. The summed E-state index contributed by atoms with van der Waals surface area (Å²) >= 11 is 5.96. The van der Waals surface area contributed by atoms with Crippen LogP contribution in [0.4, 0.5) is 0 Å². The van der Waals surface area contributed by atoms with E-state index in [1.165, 1.54) is 0 Å². The molecule has 1 N–H and O–H groups in total. The molecule has 116 valence electrons. The van der Waals surface area contributed by atoms with E-state index in [2.05, 4.69) is 29.1 Å². The summed E-state index contributed by atoms with van der Waals surface area (Å²) in [6, 6.07) is 9.23. The number of carbonyl (C=O) groups excluding carboxylic acids is 1. The molecule has 0 spiro atoms. The van der Waals surface area contributed by atoms with E-state index in [1.807, 2.05) is 24.3 Å². The minimum Gasteiger partial charge on any atom is -0.341 e. The summed E-state index contributed by atoms with van der Waals surface area (Å²) in [7, 11) is 0. The zero-order valence-electron chi connectivity index (χ0n) is 13.1. The maximum absolute atomic E-state index is 12.5. The highest BCUT2D eigenvalue weighted by molar-refractivity contribution is 6.30. The van der Waals surface area contributed by atoms with Gasteiger partial charge in [0, 0.05) is 11.2 Å². The van der Waals surface area contributed by atoms with Gasteiger partial charge in [0.05, 0.1) is 5.54 Å². The second-order valence-electron chi connectivity index (χ2n) is 5.24. The molecular formula is C17H20ClN3O. The molecule has 4 nitrogen and oxygen atoms in total. The number of hydrogen-bond acceptors (Lipinski definition) is 3. The fraction of sp³-hybridized carbons (Fsp3) is 0.353. The molecule has 0 aliphatic rings. The maximum Gasteiger partial charge on any atom is 0.270 e. The third-order valence-electron chi connectivity index (χ3n) is 3.97. The number of rotatable bonds is 5. The Morgan fingerprint density at radius 1 is 1.18 bits per heavy atom. The van der Waals surface area contributed by atoms with Crippen LogP contribution in [0.1, 0.15) is 48.6 Å². The van der Waals surface area contributed by atoms with Gasteiger partial charge in [-0.2, -0.15) is 0 Å². The molecule has 0 saturated heterocycles. The number of aromatic nitrogens is 2. The van der Waals surface area contributed by atoms with E-state index < -0.39 is 5.54 Å². The molecule has 1 amide bonds. The summed E-state index contributed by atoms with van der Waals surface area (Å²) in [5.74, 6) is 0.391. The average molecular weight is 318 g/mol. The Kier molecular flexibility index (Phi) is 5.14. The van der Waals surface area contributed by atoms with Gasteiger partial charge in [-0.1, -0.05) is 37.6 Å². The van der Waals surface area contributed by atoms with Gasteiger partial charge in [0.1, 0.15) is 11.5 Å². The van der Waals surface area contributed by atoms with Crippen molar-refractivity contribution in [2.45, 2.75) is 39.2 Å². The van der Waals surface area contributed by atoms with E-state index in [1.54, 1.807) is 19.2 Å². The van der Waals surface area contributed by atoms with Crippen molar-refractivity contribution in [2.75, 3.05) is 0 Å². The fourth-order valence-electron chi connectivity index (χ4n) is 2.54. The van der Waals surface area contributed by atoms with Gasteiger partial charge >= 0.3 is 0 Å². The van der Waals surface area contributed by atoms with Crippen molar-refractivity contribution in [1.29, 1.82) is 0 Å². The van der Waals surface area contributed by atoms with Gasteiger partial charge in [-0.3, -0.25) is 4.79 Å². The molecule has 1 heterocycles. The lowest BCUT2D eigenvalue weighted by Crippen LogP contribution is -2.45. The van der Waals surface area contributed by atoms with E-state index in [0.29, 0.717) is 16.5 Å². The van der Waals surface area contributed by atoms with Gasteiger partial charge in [0.25, 0.3) is 5.91 Å². The number of hydrogen-bond donors (Lipinski definition) is 1. The lowest BCUT2D eigenvalue weighted by molar-refractivity contribution is 0.0884. The number of carbonyl (C=O) groups is 1. The molecule has 0 saturated carbocycles. The van der Waals surface area contributed by atoms with Gasteiger partial charge in [-0.05, 0) is 43.5 Å². The van der Waals surface area contributed by atoms with Gasteiger partial charge in [-0.15, -0.1) is 0 Å². The predicted octanol–water partition coefficient (Wildman–Crippen LogP) is 3.88. The Hall–Kier alpha value is -1.94. The molecule has 0 radical (unpaired) electrons. The minimum atomic E-state index is -0.430. The SMILES string of the molecule is CCC(CC)(NC(=O)c1ccnc(C)n1)c1ccc(Cl)cc1. The van der Waals surface area contributed by atoms with E-state index in [4.69, 9.17) is 11.6 Å². The number of aryl methyl sites for hydroxylation is 1. The van der Waals surface area contributed by atoms with Crippen molar-refractivity contribution in [1.82, 2.24) is 15.3 Å². The number of nitrogens with zero attached hydrogens (tertiary/aromatic N) is 2. The van der Waals surface area contributed by atoms with E-state index in [-0.39, 0.29) is 5.91 Å². The van der Waals surface area contributed by atoms with Crippen molar-refractivity contribution >= 4 is 17.5 Å². The smallest absolute Gasteiger partial charge is 0.270 e. The molecule has 0 aliphatic carbocycles. The molecule has 0 unspecified atom stereocenters. The second-order valence-corrected chi connectivity index (χ2v) is 5.68. The van der Waals surface area contributed by atoms with Crippen LogP contribution in [0.15, 0.2) is 36.5 Å². The molecule has 5 heteroatoms. The second kappa shape index (κ2) is 6.88. The molecule has 0 bridgehead atoms. The first-order valence-electron chi connectivity index (χ1n) is 7.39. The lowest BCUT2D eigenvalue weighted by atomic mass is 9.84. The average Bonchev–Trinajstić information content (AvgIpc) is 2.53. The Morgan fingerprint density at radius 3 is 2.36 bits per heavy atom. The van der Waals surface area contributed by atoms with Crippen LogP contribution in [0.25, 0.3) is 0 Å². The van der Waals surface area contributed by atoms with Crippen LogP contribution in [-0.4, -0.2) is 15.9 Å². The van der Waals surface area contributed by atoms with Crippen LogP contribution in [0.2, 0.25) is 5.02 Å². The van der Waals surface area contributed by atoms with Crippen LogP contribution in [0, 0.1) is 6.92 Å². The van der Waals surface area contributed by atoms with Crippen LogP contribution in [-0.2, 0) is 5.54 Å². The molecule has 22 heavy (non-hydrogen) atoms. The normalized spacial score (nSPS) is 11.3. The first-order chi connectivity index (χ1) is 10.5. The minimum absolute atomic E-state index is 0.191. The number of halogens is 1. The summed E-state index contributed by atoms with van der Waals surface area (Å²) in [4.78, 5) is 20.8. The number of amides is 1. The summed E-state index contributed by atoms with van der Waals surface area (Å²) in [5, 5.41) is 3.82. The van der Waals surface area contributed by atoms with Crippen molar-refractivity contribution in [3.63, 3.8) is 0 Å². The monoisotopic (exact) mass is 317 g/mol.